The quantitative estimate of drug-likeness (QED) is 0.212. The minimum absolute atomic E-state index is 0.132. The van der Waals surface area contributed by atoms with Gasteiger partial charge in [-0.3, -0.25) is 4.79 Å². The van der Waals surface area contributed by atoms with Crippen molar-refractivity contribution in [2.75, 3.05) is 6.54 Å². The van der Waals surface area contributed by atoms with E-state index in [9.17, 15) is 4.79 Å². The van der Waals surface area contributed by atoms with Gasteiger partial charge in [-0.15, -0.1) is 0 Å². The third kappa shape index (κ3) is 6.72. The summed E-state index contributed by atoms with van der Waals surface area (Å²) in [6.07, 6.45) is 1.44. The van der Waals surface area contributed by atoms with Gasteiger partial charge in [0.25, 0.3) is 11.1 Å². The maximum Gasteiger partial charge on any atom is 0.298 e. The molecule has 0 bridgehead atoms. The number of carbonyl (C=O) groups excluding carboxylic acids is 1. The van der Waals surface area contributed by atoms with Crippen LogP contribution in [0.4, 0.5) is 0 Å². The van der Waals surface area contributed by atoms with Crippen LogP contribution in [-0.4, -0.2) is 21.8 Å². The third-order valence-electron chi connectivity index (χ3n) is 6.36. The third-order valence-corrected chi connectivity index (χ3v) is 6.99. The van der Waals surface area contributed by atoms with Crippen LogP contribution in [0.2, 0.25) is 0 Å². The normalized spacial score (nSPS) is 10.9. The molecule has 5 nitrogen and oxygen atoms in total. The molecule has 0 saturated heterocycles. The van der Waals surface area contributed by atoms with Gasteiger partial charge in [0.05, 0.1) is 0 Å². The molecular weight excluding hydrogens is 490 g/mol. The summed E-state index contributed by atoms with van der Waals surface area (Å²) in [7, 11) is 0. The zero-order valence-electron chi connectivity index (χ0n) is 21.2. The number of hydrogen-bond donors (Lipinski definition) is 1. The molecule has 38 heavy (non-hydrogen) atoms. The zero-order chi connectivity index (χ0) is 26.2. The highest BCUT2D eigenvalue weighted by molar-refractivity contribution is 7.07. The number of rotatable bonds is 10. The van der Waals surface area contributed by atoms with Gasteiger partial charge in [-0.2, -0.15) is 9.36 Å². The number of ether oxygens (including phenoxy) is 1. The summed E-state index contributed by atoms with van der Waals surface area (Å²) in [5.41, 5.74) is 5.40. The molecule has 1 heterocycles. The van der Waals surface area contributed by atoms with E-state index in [-0.39, 0.29) is 11.8 Å². The van der Waals surface area contributed by atoms with Crippen LogP contribution >= 0.6 is 11.5 Å². The average molecular weight is 520 g/mol. The molecule has 1 amide bonds. The Bertz CT molecular complexity index is 1430. The fourth-order valence-corrected chi connectivity index (χ4v) is 4.94. The Hall–Kier alpha value is -4.29. The van der Waals surface area contributed by atoms with E-state index in [2.05, 4.69) is 94.4 Å². The zero-order valence-corrected chi connectivity index (χ0v) is 22.0. The molecule has 0 radical (unpaired) electrons. The van der Waals surface area contributed by atoms with Gasteiger partial charge in [0, 0.05) is 36.0 Å². The van der Waals surface area contributed by atoms with Crippen molar-refractivity contribution in [3.63, 3.8) is 0 Å². The summed E-state index contributed by atoms with van der Waals surface area (Å²) in [4.78, 5) is 17.5. The highest BCUT2D eigenvalue weighted by Gasteiger charge is 2.15. The Morgan fingerprint density at radius 3 is 2.24 bits per heavy atom. The number of nitrogens with one attached hydrogen (secondary N) is 1. The Balaban J connectivity index is 1.19. The summed E-state index contributed by atoms with van der Waals surface area (Å²) in [6.45, 7) is 2.62. The van der Waals surface area contributed by atoms with Gasteiger partial charge in [0.2, 0.25) is 0 Å². The molecule has 0 unspecified atom stereocenters. The van der Waals surface area contributed by atoms with E-state index >= 15 is 0 Å². The van der Waals surface area contributed by atoms with Crippen LogP contribution in [-0.2, 0) is 6.42 Å². The van der Waals surface area contributed by atoms with E-state index in [1.54, 1.807) is 12.1 Å². The van der Waals surface area contributed by atoms with Crippen molar-refractivity contribution in [2.24, 2.45) is 0 Å². The van der Waals surface area contributed by atoms with E-state index in [1.807, 2.05) is 24.3 Å². The molecule has 0 atom stereocenters. The predicted molar refractivity (Wildman–Crippen MR) is 152 cm³/mol. The first-order chi connectivity index (χ1) is 18.6. The number of amides is 1. The summed E-state index contributed by atoms with van der Waals surface area (Å²) in [5, 5.41) is 3.53. The van der Waals surface area contributed by atoms with Crippen molar-refractivity contribution < 1.29 is 9.53 Å². The molecule has 0 saturated carbocycles. The molecule has 0 aliphatic carbocycles. The van der Waals surface area contributed by atoms with Crippen LogP contribution in [0.1, 0.15) is 50.8 Å². The lowest BCUT2D eigenvalue weighted by Gasteiger charge is -2.18. The first-order valence-corrected chi connectivity index (χ1v) is 13.5. The molecule has 5 aromatic rings. The van der Waals surface area contributed by atoms with Crippen LogP contribution in [0, 0.1) is 6.92 Å². The van der Waals surface area contributed by atoms with Gasteiger partial charge in [-0.05, 0) is 48.2 Å². The van der Waals surface area contributed by atoms with Gasteiger partial charge >= 0.3 is 0 Å². The highest BCUT2D eigenvalue weighted by atomic mass is 32.1. The minimum Gasteiger partial charge on any atom is -0.430 e. The molecule has 0 aliphatic rings. The van der Waals surface area contributed by atoms with E-state index in [1.165, 1.54) is 28.2 Å². The van der Waals surface area contributed by atoms with Crippen molar-refractivity contribution in [2.45, 2.75) is 25.7 Å². The Labute approximate surface area is 227 Å². The summed E-state index contributed by atoms with van der Waals surface area (Å²) in [6, 6.07) is 36.3. The molecular formula is C32H29N3O2S. The number of aryl methyl sites for hydroxylation is 1. The van der Waals surface area contributed by atoms with Crippen LogP contribution in [0.3, 0.4) is 0 Å². The van der Waals surface area contributed by atoms with Crippen molar-refractivity contribution >= 4 is 17.4 Å². The summed E-state index contributed by atoms with van der Waals surface area (Å²) >= 11 is 1.21. The van der Waals surface area contributed by atoms with Crippen LogP contribution < -0.4 is 10.1 Å². The molecule has 0 aliphatic heterocycles. The van der Waals surface area contributed by atoms with E-state index < -0.39 is 0 Å². The van der Waals surface area contributed by atoms with Crippen LogP contribution in [0.5, 0.6) is 10.9 Å². The largest absolute Gasteiger partial charge is 0.430 e. The summed E-state index contributed by atoms with van der Waals surface area (Å²) < 4.78 is 10.4. The number of nitrogens with zero attached hydrogens (tertiary/aromatic N) is 2. The second kappa shape index (κ2) is 12.3. The smallest absolute Gasteiger partial charge is 0.298 e. The maximum absolute atomic E-state index is 12.9. The molecule has 0 spiro atoms. The monoisotopic (exact) mass is 519 g/mol. The van der Waals surface area contributed by atoms with E-state index in [0.29, 0.717) is 35.3 Å². The fraction of sp³-hybridized carbons (Fsp3) is 0.156. The topological polar surface area (TPSA) is 64.1 Å². The minimum atomic E-state index is -0.132. The molecule has 4 aromatic carbocycles. The number of aromatic nitrogens is 2. The molecule has 1 N–H and O–H groups in total. The summed E-state index contributed by atoms with van der Waals surface area (Å²) in [5.74, 6) is 1.35. The second-order valence-corrected chi connectivity index (χ2v) is 9.90. The predicted octanol–water partition coefficient (Wildman–Crippen LogP) is 7.18. The number of benzene rings is 4. The van der Waals surface area contributed by atoms with Crippen LogP contribution in [0.25, 0.3) is 0 Å². The number of carbonyl (C=O) groups is 1. The maximum atomic E-state index is 12.9. The average Bonchev–Trinajstić information content (AvgIpc) is 3.39. The van der Waals surface area contributed by atoms with Gasteiger partial charge in [0.15, 0.2) is 5.82 Å². The van der Waals surface area contributed by atoms with Crippen molar-refractivity contribution in [3.05, 3.63) is 143 Å². The Morgan fingerprint density at radius 2 is 1.55 bits per heavy atom. The highest BCUT2D eigenvalue weighted by Crippen LogP contribution is 2.28. The van der Waals surface area contributed by atoms with Gasteiger partial charge in [-0.25, -0.2) is 0 Å². The van der Waals surface area contributed by atoms with E-state index in [0.717, 1.165) is 12.0 Å². The van der Waals surface area contributed by atoms with Crippen LogP contribution in [0.15, 0.2) is 109 Å². The Kier molecular flexibility index (Phi) is 8.21. The molecule has 5 rings (SSSR count). The molecule has 6 heteroatoms. The molecule has 1 aromatic heterocycles. The second-order valence-electron chi connectivity index (χ2n) is 9.19. The van der Waals surface area contributed by atoms with Crippen molar-refractivity contribution in [3.8, 4) is 10.9 Å². The SMILES string of the molecule is Cc1ccc(Cc2nsc(Oc3cccc(C(=O)NCCC(c4ccccc4)c4ccccc4)c3)n2)cc1. The first-order valence-electron chi connectivity index (χ1n) is 12.7. The van der Waals surface area contributed by atoms with Crippen molar-refractivity contribution in [1.82, 2.24) is 14.7 Å². The van der Waals surface area contributed by atoms with Gasteiger partial charge in [-0.1, -0.05) is 96.6 Å². The van der Waals surface area contributed by atoms with Gasteiger partial charge in [0.1, 0.15) is 5.75 Å². The molecule has 0 fully saturated rings. The van der Waals surface area contributed by atoms with E-state index in [4.69, 9.17) is 4.74 Å². The molecule has 190 valence electrons. The number of hydrogen-bond acceptors (Lipinski definition) is 5. The lowest BCUT2D eigenvalue weighted by atomic mass is 9.88. The fourth-order valence-electron chi connectivity index (χ4n) is 4.37. The van der Waals surface area contributed by atoms with Gasteiger partial charge < -0.3 is 10.1 Å². The standard InChI is InChI=1S/C32H29N3O2S/c1-23-15-17-24(18-16-23)21-30-34-32(38-35-30)37-28-14-8-13-27(22-28)31(36)33-20-19-29(25-9-4-2-5-10-25)26-11-6-3-7-12-26/h2-18,22,29H,19-21H2,1H3,(H,33,36). The first kappa shape index (κ1) is 25.4. The lowest BCUT2D eigenvalue weighted by Crippen LogP contribution is -2.25. The van der Waals surface area contributed by atoms with Crippen molar-refractivity contribution in [1.29, 1.82) is 0 Å². The lowest BCUT2D eigenvalue weighted by molar-refractivity contribution is 0.0952. The Morgan fingerprint density at radius 1 is 0.868 bits per heavy atom.